The minimum absolute atomic E-state index is 0.0188. The number of nitrogens with one attached hydrogen (secondary N) is 1. The van der Waals surface area contributed by atoms with Crippen LogP contribution in [0.25, 0.3) is 0 Å². The lowest BCUT2D eigenvalue weighted by atomic mass is 9.83. The first-order valence-corrected chi connectivity index (χ1v) is 8.60. The van der Waals surface area contributed by atoms with Crippen LogP contribution in [0.1, 0.15) is 48.8 Å². The number of carbonyl (C=O) groups excluding carboxylic acids is 1. The lowest BCUT2D eigenvalue weighted by Crippen LogP contribution is -2.51. The zero-order valence-electron chi connectivity index (χ0n) is 12.5. The van der Waals surface area contributed by atoms with Crippen LogP contribution in [0.3, 0.4) is 0 Å². The van der Waals surface area contributed by atoms with Crippen molar-refractivity contribution in [2.45, 2.75) is 57.9 Å². The minimum atomic E-state index is -0.0188. The second-order valence-corrected chi connectivity index (χ2v) is 6.68. The molecule has 1 aliphatic carbocycles. The highest BCUT2D eigenvalue weighted by Crippen LogP contribution is 2.29. The van der Waals surface area contributed by atoms with E-state index in [-0.39, 0.29) is 11.4 Å². The molecule has 0 unspecified atom stereocenters. The fourth-order valence-corrected chi connectivity index (χ4v) is 3.66. The van der Waals surface area contributed by atoms with Crippen molar-refractivity contribution in [2.75, 3.05) is 5.33 Å². The normalized spacial score (nSPS) is 17.8. The van der Waals surface area contributed by atoms with E-state index in [1.54, 1.807) is 0 Å². The van der Waals surface area contributed by atoms with Crippen LogP contribution in [-0.2, 0) is 11.2 Å². The molecule has 1 aliphatic rings. The summed E-state index contributed by atoms with van der Waals surface area (Å²) in [6, 6.07) is 6.28. The average Bonchev–Trinajstić information content (AvgIpc) is 2.44. The highest BCUT2D eigenvalue weighted by molar-refractivity contribution is 9.09. The van der Waals surface area contributed by atoms with Crippen molar-refractivity contribution in [3.05, 3.63) is 34.9 Å². The first-order valence-electron chi connectivity index (χ1n) is 7.48. The predicted octanol–water partition coefficient (Wildman–Crippen LogP) is 4.06. The van der Waals surface area contributed by atoms with E-state index in [1.807, 2.05) is 0 Å². The van der Waals surface area contributed by atoms with Gasteiger partial charge < -0.3 is 5.32 Å². The number of halogens is 1. The summed E-state index contributed by atoms with van der Waals surface area (Å²) in [6.45, 7) is 4.19. The van der Waals surface area contributed by atoms with Gasteiger partial charge in [-0.05, 0) is 43.4 Å². The Kier molecular flexibility index (Phi) is 5.25. The molecule has 1 aromatic rings. The van der Waals surface area contributed by atoms with E-state index >= 15 is 0 Å². The van der Waals surface area contributed by atoms with Crippen LogP contribution in [0.4, 0.5) is 0 Å². The molecule has 0 heterocycles. The van der Waals surface area contributed by atoms with Crippen molar-refractivity contribution in [3.63, 3.8) is 0 Å². The first-order chi connectivity index (χ1) is 9.54. The maximum absolute atomic E-state index is 12.3. The van der Waals surface area contributed by atoms with Crippen molar-refractivity contribution in [1.82, 2.24) is 5.32 Å². The maximum Gasteiger partial charge on any atom is 0.224 e. The van der Waals surface area contributed by atoms with Gasteiger partial charge in [-0.1, -0.05) is 53.4 Å². The molecule has 1 amide bonds. The molecule has 2 rings (SSSR count). The predicted molar refractivity (Wildman–Crippen MR) is 87.4 cm³/mol. The monoisotopic (exact) mass is 337 g/mol. The molecule has 1 aromatic carbocycles. The number of rotatable bonds is 4. The van der Waals surface area contributed by atoms with E-state index in [2.05, 4.69) is 53.3 Å². The SMILES string of the molecule is Cc1ccc(CC(=O)NC2(CBr)CCCCC2)cc1C. The molecule has 1 saturated carbocycles. The third-order valence-electron chi connectivity index (χ3n) is 4.41. The van der Waals surface area contributed by atoms with Gasteiger partial charge in [-0.15, -0.1) is 0 Å². The van der Waals surface area contributed by atoms with Gasteiger partial charge in [0.15, 0.2) is 0 Å². The summed E-state index contributed by atoms with van der Waals surface area (Å²) in [7, 11) is 0. The van der Waals surface area contributed by atoms with Gasteiger partial charge in [-0.2, -0.15) is 0 Å². The highest BCUT2D eigenvalue weighted by atomic mass is 79.9. The van der Waals surface area contributed by atoms with Crippen LogP contribution in [-0.4, -0.2) is 16.8 Å². The van der Waals surface area contributed by atoms with E-state index in [1.165, 1.54) is 30.4 Å². The largest absolute Gasteiger partial charge is 0.350 e. The number of alkyl halides is 1. The van der Waals surface area contributed by atoms with Crippen molar-refractivity contribution < 1.29 is 4.79 Å². The number of amides is 1. The number of benzene rings is 1. The van der Waals surface area contributed by atoms with Gasteiger partial charge in [0.05, 0.1) is 6.42 Å². The third-order valence-corrected chi connectivity index (χ3v) is 5.48. The summed E-state index contributed by atoms with van der Waals surface area (Å²) < 4.78 is 0. The number of hydrogen-bond donors (Lipinski definition) is 1. The van der Waals surface area contributed by atoms with Crippen molar-refractivity contribution in [2.24, 2.45) is 0 Å². The molecule has 0 spiro atoms. The summed E-state index contributed by atoms with van der Waals surface area (Å²) in [5.41, 5.74) is 3.61. The van der Waals surface area contributed by atoms with Gasteiger partial charge in [0, 0.05) is 10.9 Å². The summed E-state index contributed by atoms with van der Waals surface area (Å²) in [4.78, 5) is 12.3. The molecular formula is C17H24BrNO. The molecule has 1 fully saturated rings. The fraction of sp³-hybridized carbons (Fsp3) is 0.588. The minimum Gasteiger partial charge on any atom is -0.350 e. The average molecular weight is 338 g/mol. The van der Waals surface area contributed by atoms with E-state index in [9.17, 15) is 4.79 Å². The molecule has 0 aromatic heterocycles. The van der Waals surface area contributed by atoms with Crippen LogP contribution in [0.2, 0.25) is 0 Å². The maximum atomic E-state index is 12.3. The fourth-order valence-electron chi connectivity index (χ4n) is 2.96. The second kappa shape index (κ2) is 6.75. The quantitative estimate of drug-likeness (QED) is 0.824. The Bertz CT molecular complexity index is 478. The Morgan fingerprint density at radius 1 is 1.20 bits per heavy atom. The molecule has 0 bridgehead atoms. The van der Waals surface area contributed by atoms with Crippen LogP contribution < -0.4 is 5.32 Å². The van der Waals surface area contributed by atoms with Gasteiger partial charge in [0.25, 0.3) is 0 Å². The molecule has 0 atom stereocenters. The molecule has 0 radical (unpaired) electrons. The second-order valence-electron chi connectivity index (χ2n) is 6.12. The van der Waals surface area contributed by atoms with Gasteiger partial charge in [-0.3, -0.25) is 4.79 Å². The zero-order chi connectivity index (χ0) is 14.6. The zero-order valence-corrected chi connectivity index (χ0v) is 14.1. The Morgan fingerprint density at radius 2 is 1.90 bits per heavy atom. The molecule has 2 nitrogen and oxygen atoms in total. The number of aryl methyl sites for hydroxylation is 2. The van der Waals surface area contributed by atoms with Gasteiger partial charge >= 0.3 is 0 Å². The third kappa shape index (κ3) is 3.85. The lowest BCUT2D eigenvalue weighted by molar-refractivity contribution is -0.122. The summed E-state index contributed by atoms with van der Waals surface area (Å²) in [5.74, 6) is 0.148. The molecule has 1 N–H and O–H groups in total. The Hall–Kier alpha value is -0.830. The van der Waals surface area contributed by atoms with Crippen molar-refractivity contribution in [3.8, 4) is 0 Å². The van der Waals surface area contributed by atoms with Gasteiger partial charge in [0.2, 0.25) is 5.91 Å². The summed E-state index contributed by atoms with van der Waals surface area (Å²) >= 11 is 3.59. The Labute approximate surface area is 130 Å². The molecule has 0 saturated heterocycles. The van der Waals surface area contributed by atoms with Crippen molar-refractivity contribution >= 4 is 21.8 Å². The van der Waals surface area contributed by atoms with Gasteiger partial charge in [-0.25, -0.2) is 0 Å². The smallest absolute Gasteiger partial charge is 0.224 e. The van der Waals surface area contributed by atoms with Crippen LogP contribution in [0, 0.1) is 13.8 Å². The Morgan fingerprint density at radius 3 is 2.50 bits per heavy atom. The standard InChI is InChI=1S/C17H24BrNO/c1-13-6-7-15(10-14(13)2)11-16(20)19-17(12-18)8-4-3-5-9-17/h6-7,10H,3-5,8-9,11-12H2,1-2H3,(H,19,20). The summed E-state index contributed by atoms with van der Waals surface area (Å²) in [6.07, 6.45) is 6.40. The molecule has 110 valence electrons. The van der Waals surface area contributed by atoms with E-state index in [4.69, 9.17) is 0 Å². The lowest BCUT2D eigenvalue weighted by Gasteiger charge is -2.36. The molecule has 20 heavy (non-hydrogen) atoms. The summed E-state index contributed by atoms with van der Waals surface area (Å²) in [5, 5.41) is 4.14. The highest BCUT2D eigenvalue weighted by Gasteiger charge is 2.32. The van der Waals surface area contributed by atoms with Crippen molar-refractivity contribution in [1.29, 1.82) is 0 Å². The van der Waals surface area contributed by atoms with E-state index in [0.29, 0.717) is 6.42 Å². The molecule has 0 aliphatic heterocycles. The number of hydrogen-bond acceptors (Lipinski definition) is 1. The Balaban J connectivity index is 1.98. The van der Waals surface area contributed by atoms with Crippen LogP contribution in [0.15, 0.2) is 18.2 Å². The van der Waals surface area contributed by atoms with Crippen LogP contribution >= 0.6 is 15.9 Å². The van der Waals surface area contributed by atoms with E-state index in [0.717, 1.165) is 23.7 Å². The van der Waals surface area contributed by atoms with Crippen LogP contribution in [0.5, 0.6) is 0 Å². The number of carbonyl (C=O) groups is 1. The van der Waals surface area contributed by atoms with Gasteiger partial charge in [0.1, 0.15) is 0 Å². The van der Waals surface area contributed by atoms with E-state index < -0.39 is 0 Å². The molecular weight excluding hydrogens is 314 g/mol. The first kappa shape index (κ1) is 15.6. The topological polar surface area (TPSA) is 29.1 Å². The molecule has 3 heteroatoms.